The van der Waals surface area contributed by atoms with E-state index in [9.17, 15) is 48.3 Å². The van der Waals surface area contributed by atoms with Crippen molar-refractivity contribution in [3.63, 3.8) is 0 Å². The minimum atomic E-state index is -1.19. The number of hydrogen-bond acceptors (Lipinski definition) is 16. The van der Waals surface area contributed by atoms with Gasteiger partial charge in [-0.1, -0.05) is 81.9 Å². The number of aromatic nitrogens is 4. The summed E-state index contributed by atoms with van der Waals surface area (Å²) in [7, 11) is 1.68. The van der Waals surface area contributed by atoms with Crippen LogP contribution in [0.1, 0.15) is 138 Å². The van der Waals surface area contributed by atoms with Crippen LogP contribution in [0.15, 0.2) is 97.2 Å². The lowest BCUT2D eigenvalue weighted by atomic mass is 9.39. The molecule has 0 spiro atoms. The molecule has 12 rings (SSSR count). The molecule has 4 fully saturated rings. The van der Waals surface area contributed by atoms with Crippen molar-refractivity contribution in [1.82, 2.24) is 40.2 Å². The van der Waals surface area contributed by atoms with Crippen LogP contribution in [0, 0.1) is 35.0 Å². The van der Waals surface area contributed by atoms with Crippen LogP contribution in [-0.2, 0) is 53.0 Å². The van der Waals surface area contributed by atoms with Gasteiger partial charge >= 0.3 is 24.1 Å². The number of unbranched alkanes of at least 4 members (excludes halogenated alkanes) is 2. The number of pyridine rings is 1. The van der Waals surface area contributed by atoms with Gasteiger partial charge in [0.25, 0.3) is 11.8 Å². The maximum atomic E-state index is 13.9. The number of Topliss-reactive ketones (excluding diaryl/α,β-unsaturated/α-hetero) is 2. The van der Waals surface area contributed by atoms with E-state index in [2.05, 4.69) is 34.8 Å². The number of ether oxygens (including phenoxy) is 3. The molecule has 0 radical (unpaired) electrons. The van der Waals surface area contributed by atoms with Gasteiger partial charge in [-0.05, 0) is 147 Å². The first-order valence-corrected chi connectivity index (χ1v) is 34.6. The Labute approximate surface area is 573 Å². The number of amides is 8. The number of carbonyl (C=O) groups is 9. The van der Waals surface area contributed by atoms with Gasteiger partial charge in [0.2, 0.25) is 5.91 Å². The van der Waals surface area contributed by atoms with Crippen molar-refractivity contribution in [2.75, 3.05) is 56.7 Å². The molecular weight excluding hydrogens is 1270 g/mol. The average molecular weight is 1360 g/mol. The van der Waals surface area contributed by atoms with E-state index in [1.54, 1.807) is 72.7 Å². The number of rotatable bonds is 30. The molecule has 518 valence electrons. The number of fused-ring (bicyclic) bond motifs is 2. The van der Waals surface area contributed by atoms with E-state index in [0.717, 1.165) is 54.4 Å². The van der Waals surface area contributed by atoms with Crippen molar-refractivity contribution in [2.45, 2.75) is 149 Å². The number of carboxylic acid groups (broad SMARTS) is 1. The van der Waals surface area contributed by atoms with Crippen LogP contribution in [0.3, 0.4) is 0 Å². The van der Waals surface area contributed by atoms with Gasteiger partial charge in [-0.2, -0.15) is 5.10 Å². The van der Waals surface area contributed by atoms with Gasteiger partial charge in [-0.15, -0.1) is 0 Å². The van der Waals surface area contributed by atoms with E-state index in [4.69, 9.17) is 30.0 Å². The molecule has 2 aliphatic heterocycles. The number of aromatic carboxylic acids is 1. The molecule has 0 saturated heterocycles. The van der Waals surface area contributed by atoms with Gasteiger partial charge in [-0.25, -0.2) is 29.1 Å². The average Bonchev–Trinajstić information content (AvgIpc) is 0.723. The summed E-state index contributed by atoms with van der Waals surface area (Å²) in [5, 5.41) is 24.5. The topological polar surface area (TPSA) is 317 Å². The van der Waals surface area contributed by atoms with Crippen LogP contribution in [0.4, 0.5) is 25.2 Å². The molecule has 4 aliphatic carbocycles. The number of benzene rings is 3. The number of hydrogen-bond donors (Lipinski definition) is 5. The summed E-state index contributed by atoms with van der Waals surface area (Å²) in [6, 6.07) is 21.7. The molecule has 98 heavy (non-hydrogen) atoms. The molecule has 25 heteroatoms. The number of ketones is 2. The lowest BCUT2D eigenvalue weighted by Gasteiger charge is -2.69. The quantitative estimate of drug-likeness (QED) is 0.0207. The number of nitrogens with one attached hydrogen (secondary N) is 3. The number of imide groups is 1. The molecule has 6 aromatic rings. The maximum Gasteiger partial charge on any atom is 0.409 e. The Kier molecular flexibility index (Phi) is 21.0. The van der Waals surface area contributed by atoms with Gasteiger partial charge < -0.3 is 40.6 Å². The second-order valence-corrected chi connectivity index (χ2v) is 29.5. The highest BCUT2D eigenvalue weighted by molar-refractivity contribution is 7.22. The first kappa shape index (κ1) is 70.0. The van der Waals surface area contributed by atoms with E-state index < -0.39 is 41.6 Å². The van der Waals surface area contributed by atoms with Crippen LogP contribution in [0.5, 0.6) is 5.75 Å². The lowest BCUT2D eigenvalue weighted by molar-refractivity contribution is -0.248. The zero-order valence-corrected chi connectivity index (χ0v) is 57.3. The van der Waals surface area contributed by atoms with Crippen LogP contribution >= 0.6 is 11.3 Å². The summed E-state index contributed by atoms with van der Waals surface area (Å²) < 4.78 is 21.7. The number of nitrogens with zero attached hydrogens (tertiary/aromatic N) is 7. The van der Waals surface area contributed by atoms with Gasteiger partial charge in [0, 0.05) is 92.9 Å². The number of urea groups is 2. The standard InChI is InChI=1S/C73H87N11O13S/c1-45(2)52(35-50(85)13-8-7-11-28-83-61(87)25-26-62(83)88)64(89)78-55(15-12-27-75-66(74)92)58(86)33-47-17-19-48(20-18-47)37-96-69(94)81(6)29-32-97-73-41-70(4)38-71(5,42-73)40-72(39-70,43-73)44-84-46(3)53(36-76-84)51-22-23-54(77-63(51)65(90)91)49-21-24-59-57(34-49)82(30-31-95-59)68(93)80-67-79-56-14-9-10-16-60(56)98-67/h9-10,14,16-26,34,36,45,52,55H,7-8,11-13,15,27-33,35,37-44H2,1-6H3,(H,78,89)(H,90,91)(H3,74,75,92)(H,79,80,93)/t52-,55-,70?,71?,72?,73?/m0/s1. The van der Waals surface area contributed by atoms with Crippen LogP contribution < -0.4 is 31.3 Å². The molecule has 3 aromatic heterocycles. The van der Waals surface area contributed by atoms with Crippen molar-refractivity contribution in [3.8, 4) is 28.1 Å². The SMILES string of the molecule is Cc1c(-c2ccc(-c3ccc4c(c3)N(C(=O)Nc3nc5ccccc5s3)CCO4)nc2C(=O)O)cnn1CC12CC3(C)CC(C)(C1)CC(OCCN(C)C(=O)OCc1ccc(CC(=O)[C@H](CCCNC(N)=O)NC(=O)[C@@H](CC(=O)CCCCCN4C(=O)C=CC4=O)C(C)C)cc1)(C3)C2. The van der Waals surface area contributed by atoms with Crippen molar-refractivity contribution in [3.05, 3.63) is 120 Å². The number of likely N-dealkylation sites (N-methyl/N-ethyl adjacent to an activating group) is 1. The number of nitrogens with two attached hydrogens (primary N) is 1. The number of para-hydroxylation sites is 1. The minimum absolute atomic E-state index is 0.00470. The Morgan fingerprint density at radius 2 is 1.58 bits per heavy atom. The molecule has 8 amide bonds. The molecule has 4 saturated carbocycles. The van der Waals surface area contributed by atoms with Gasteiger partial charge in [-0.3, -0.25) is 43.8 Å². The number of thiazole rings is 1. The first-order valence-electron chi connectivity index (χ1n) is 33.8. The second-order valence-electron chi connectivity index (χ2n) is 28.5. The van der Waals surface area contributed by atoms with Crippen molar-refractivity contribution in [1.29, 1.82) is 0 Å². The Morgan fingerprint density at radius 1 is 0.847 bits per heavy atom. The summed E-state index contributed by atoms with van der Waals surface area (Å²) in [5.74, 6) is -3.04. The first-order chi connectivity index (χ1) is 46.8. The Balaban J connectivity index is 0.669. The summed E-state index contributed by atoms with van der Waals surface area (Å²) in [4.78, 5) is 130. The Bertz CT molecular complexity index is 4020. The Morgan fingerprint density at radius 3 is 2.30 bits per heavy atom. The van der Waals surface area contributed by atoms with E-state index in [1.165, 1.54) is 33.3 Å². The summed E-state index contributed by atoms with van der Waals surface area (Å²) in [6.45, 7) is 12.6. The van der Waals surface area contributed by atoms with Crippen molar-refractivity contribution < 1.29 is 62.5 Å². The third-order valence-corrected chi connectivity index (χ3v) is 20.9. The zero-order chi connectivity index (χ0) is 69.7. The predicted octanol–water partition coefficient (Wildman–Crippen LogP) is 10.8. The summed E-state index contributed by atoms with van der Waals surface area (Å²) in [5.41, 5.74) is 10.2. The molecule has 5 heterocycles. The molecule has 4 atom stereocenters. The summed E-state index contributed by atoms with van der Waals surface area (Å²) >= 11 is 1.39. The van der Waals surface area contributed by atoms with Crippen LogP contribution in [0.25, 0.3) is 32.6 Å². The highest BCUT2D eigenvalue weighted by atomic mass is 32.1. The summed E-state index contributed by atoms with van der Waals surface area (Å²) in [6.07, 6.45) is 11.8. The molecule has 3 aromatic carbocycles. The fourth-order valence-corrected chi connectivity index (χ4v) is 17.2. The smallest absolute Gasteiger partial charge is 0.409 e. The largest absolute Gasteiger partial charge is 0.490 e. The van der Waals surface area contributed by atoms with Crippen LogP contribution in [0.2, 0.25) is 0 Å². The molecular formula is C73H87N11O13S. The number of carboxylic acids is 1. The molecule has 24 nitrogen and oxygen atoms in total. The molecule has 6 N–H and O–H groups in total. The minimum Gasteiger partial charge on any atom is -0.490 e. The molecule has 2 unspecified atom stereocenters. The second kappa shape index (κ2) is 29.4. The highest BCUT2D eigenvalue weighted by Crippen LogP contribution is 2.72. The normalized spacial score (nSPS) is 21.2. The number of anilines is 2. The third kappa shape index (κ3) is 16.3. The van der Waals surface area contributed by atoms with E-state index in [1.807, 2.05) is 49.7 Å². The Hall–Kier alpha value is -9.36. The van der Waals surface area contributed by atoms with E-state index >= 15 is 0 Å². The highest BCUT2D eigenvalue weighted by Gasteiger charge is 2.66. The fourth-order valence-electron chi connectivity index (χ4n) is 16.3. The van der Waals surface area contributed by atoms with Crippen LogP contribution in [-0.4, -0.2) is 146 Å². The van der Waals surface area contributed by atoms with Crippen molar-refractivity contribution >= 4 is 85.8 Å². The van der Waals surface area contributed by atoms with Gasteiger partial charge in [0.15, 0.2) is 16.6 Å². The monoisotopic (exact) mass is 1360 g/mol. The molecule has 6 aliphatic rings. The van der Waals surface area contributed by atoms with E-state index in [-0.39, 0.29) is 103 Å². The number of primary amides is 1. The van der Waals surface area contributed by atoms with Gasteiger partial charge in [0.05, 0.1) is 52.6 Å². The maximum absolute atomic E-state index is 13.9. The van der Waals surface area contributed by atoms with E-state index in [0.29, 0.717) is 109 Å². The zero-order valence-electron chi connectivity index (χ0n) is 56.5. The number of carbonyl (C=O) groups excluding carboxylic acids is 8. The fraction of sp³-hybridized carbons (Fsp3) is 0.479. The lowest BCUT2D eigenvalue weighted by Crippen LogP contribution is -2.64. The predicted molar refractivity (Wildman–Crippen MR) is 368 cm³/mol. The van der Waals surface area contributed by atoms with Crippen molar-refractivity contribution in [2.24, 2.45) is 33.8 Å². The molecule has 4 bridgehead atoms. The van der Waals surface area contributed by atoms with Gasteiger partial charge in [0.1, 0.15) is 24.7 Å². The third-order valence-electron chi connectivity index (χ3n) is 19.9.